The molecule has 0 saturated heterocycles. The number of halogens is 1. The highest BCUT2D eigenvalue weighted by molar-refractivity contribution is 8.13. The van der Waals surface area contributed by atoms with Crippen LogP contribution in [0.3, 0.4) is 0 Å². The molecule has 0 aliphatic carbocycles. The van der Waals surface area contributed by atoms with Crippen molar-refractivity contribution in [2.24, 2.45) is 5.73 Å². The topological polar surface area (TPSA) is 86.5 Å². The first-order valence-corrected chi connectivity index (χ1v) is 4.74. The molecular formula is C3H6ClNO4S. The van der Waals surface area contributed by atoms with E-state index < -0.39 is 20.9 Å². The summed E-state index contributed by atoms with van der Waals surface area (Å²) >= 11 is 0. The van der Waals surface area contributed by atoms with E-state index in [2.05, 4.69) is 10.5 Å². The van der Waals surface area contributed by atoms with Gasteiger partial charge in [0.2, 0.25) is 9.05 Å². The molecule has 0 aliphatic heterocycles. The van der Waals surface area contributed by atoms with Crippen LogP contribution in [0.2, 0.25) is 0 Å². The molecule has 60 valence electrons. The van der Waals surface area contributed by atoms with Crippen molar-refractivity contribution in [1.29, 1.82) is 0 Å². The molecule has 0 rings (SSSR count). The molecular weight excluding hydrogens is 182 g/mol. The van der Waals surface area contributed by atoms with Crippen molar-refractivity contribution in [1.82, 2.24) is 0 Å². The third-order valence-corrected chi connectivity index (χ3v) is 1.69. The van der Waals surface area contributed by atoms with Crippen LogP contribution in [0.15, 0.2) is 0 Å². The Hall–Kier alpha value is -0.490. The number of carbonyl (C=O) groups is 1. The first-order chi connectivity index (χ1) is 4.42. The molecule has 0 spiro atoms. The zero-order valence-corrected chi connectivity index (χ0v) is 6.48. The fourth-order valence-corrected chi connectivity index (χ4v) is 0.713. The Morgan fingerprint density at radius 2 is 2.10 bits per heavy atom. The smallest absolute Gasteiger partial charge is 0.404 e. The van der Waals surface area contributed by atoms with Gasteiger partial charge in [-0.2, -0.15) is 0 Å². The highest BCUT2D eigenvalue weighted by Gasteiger charge is 2.05. The normalized spacial score (nSPS) is 10.9. The maximum atomic E-state index is 10.1. The molecule has 5 nitrogen and oxygen atoms in total. The number of rotatable bonds is 3. The van der Waals surface area contributed by atoms with Crippen molar-refractivity contribution in [3.63, 3.8) is 0 Å². The molecule has 0 atom stereocenters. The molecule has 0 radical (unpaired) electrons. The number of ether oxygens (including phenoxy) is 1. The van der Waals surface area contributed by atoms with Gasteiger partial charge in [-0.1, -0.05) is 0 Å². The van der Waals surface area contributed by atoms with Gasteiger partial charge in [-0.05, 0) is 0 Å². The van der Waals surface area contributed by atoms with E-state index in [1.54, 1.807) is 0 Å². The molecule has 0 bridgehead atoms. The fourth-order valence-electron chi connectivity index (χ4n) is 0.242. The highest BCUT2D eigenvalue weighted by Crippen LogP contribution is 1.94. The zero-order valence-electron chi connectivity index (χ0n) is 4.91. The number of amides is 1. The van der Waals surface area contributed by atoms with Crippen molar-refractivity contribution < 1.29 is 17.9 Å². The number of hydrogen-bond acceptors (Lipinski definition) is 4. The minimum atomic E-state index is -3.58. The van der Waals surface area contributed by atoms with Crippen molar-refractivity contribution in [3.8, 4) is 0 Å². The first kappa shape index (κ1) is 9.51. The molecule has 0 unspecified atom stereocenters. The van der Waals surface area contributed by atoms with Crippen LogP contribution in [0.1, 0.15) is 0 Å². The van der Waals surface area contributed by atoms with E-state index in [0.29, 0.717) is 0 Å². The molecule has 0 aliphatic rings. The van der Waals surface area contributed by atoms with Gasteiger partial charge in [-0.3, -0.25) is 0 Å². The molecule has 0 heterocycles. The Kier molecular flexibility index (Phi) is 3.45. The predicted octanol–water partition coefficient (Wildman–Crippen LogP) is -0.350. The van der Waals surface area contributed by atoms with E-state index in [1.165, 1.54) is 0 Å². The lowest BCUT2D eigenvalue weighted by Crippen LogP contribution is -2.17. The summed E-state index contributed by atoms with van der Waals surface area (Å²) in [5.41, 5.74) is 4.52. The van der Waals surface area contributed by atoms with Crippen LogP contribution in [-0.4, -0.2) is 26.9 Å². The maximum absolute atomic E-state index is 10.1. The summed E-state index contributed by atoms with van der Waals surface area (Å²) in [6, 6.07) is 0. The lowest BCUT2D eigenvalue weighted by molar-refractivity contribution is 0.164. The summed E-state index contributed by atoms with van der Waals surface area (Å²) in [5, 5.41) is 0. The molecule has 2 N–H and O–H groups in total. The van der Waals surface area contributed by atoms with Crippen LogP contribution in [0.5, 0.6) is 0 Å². The van der Waals surface area contributed by atoms with Crippen LogP contribution < -0.4 is 5.73 Å². The van der Waals surface area contributed by atoms with Gasteiger partial charge in [0.05, 0.1) is 5.75 Å². The minimum Gasteiger partial charge on any atom is -0.449 e. The number of nitrogens with two attached hydrogens (primary N) is 1. The van der Waals surface area contributed by atoms with E-state index >= 15 is 0 Å². The summed E-state index contributed by atoms with van der Waals surface area (Å²) in [7, 11) is 1.18. The minimum absolute atomic E-state index is 0.304. The SMILES string of the molecule is NC(=O)OCCS(=O)(=O)Cl. The number of carbonyl (C=O) groups excluding carboxylic acids is 1. The van der Waals surface area contributed by atoms with Gasteiger partial charge < -0.3 is 10.5 Å². The van der Waals surface area contributed by atoms with Gasteiger partial charge >= 0.3 is 6.09 Å². The first-order valence-electron chi connectivity index (χ1n) is 2.26. The van der Waals surface area contributed by atoms with E-state index in [9.17, 15) is 13.2 Å². The van der Waals surface area contributed by atoms with Crippen molar-refractivity contribution in [3.05, 3.63) is 0 Å². The van der Waals surface area contributed by atoms with Crippen LogP contribution in [0.4, 0.5) is 4.79 Å². The summed E-state index contributed by atoms with van der Waals surface area (Å²) in [6.45, 7) is -0.304. The predicted molar refractivity (Wildman–Crippen MR) is 35.2 cm³/mol. The molecule has 0 fully saturated rings. The summed E-state index contributed by atoms with van der Waals surface area (Å²) in [6.07, 6.45) is -1.01. The van der Waals surface area contributed by atoms with Gasteiger partial charge in [-0.15, -0.1) is 0 Å². The molecule has 0 aromatic carbocycles. The largest absolute Gasteiger partial charge is 0.449 e. The zero-order chi connectivity index (χ0) is 8.20. The molecule has 0 aromatic rings. The molecule has 0 saturated carbocycles. The van der Waals surface area contributed by atoms with Gasteiger partial charge in [0.1, 0.15) is 6.61 Å². The molecule has 1 amide bonds. The Bertz CT molecular complexity index is 211. The highest BCUT2D eigenvalue weighted by atomic mass is 35.7. The summed E-state index contributed by atoms with van der Waals surface area (Å²) in [5.74, 6) is -0.419. The van der Waals surface area contributed by atoms with Gasteiger partial charge in [0.15, 0.2) is 0 Å². The van der Waals surface area contributed by atoms with E-state index in [-0.39, 0.29) is 6.61 Å². The fraction of sp³-hybridized carbons (Fsp3) is 0.667. The average molecular weight is 188 g/mol. The molecule has 10 heavy (non-hydrogen) atoms. The molecule has 7 heteroatoms. The quantitative estimate of drug-likeness (QED) is 0.612. The monoisotopic (exact) mass is 187 g/mol. The van der Waals surface area contributed by atoms with E-state index in [4.69, 9.17) is 10.7 Å². The second-order valence-electron chi connectivity index (χ2n) is 1.41. The van der Waals surface area contributed by atoms with E-state index in [0.717, 1.165) is 0 Å². The average Bonchev–Trinajstić information content (AvgIpc) is 1.59. The molecule has 0 aromatic heterocycles. The number of primary amides is 1. The lowest BCUT2D eigenvalue weighted by atomic mass is 10.9. The Morgan fingerprint density at radius 1 is 1.60 bits per heavy atom. The third kappa shape index (κ3) is 7.51. The standard InChI is InChI=1S/C3H6ClNO4S/c4-10(7,8)2-1-9-3(5)6/h1-2H2,(H2,5,6). The summed E-state index contributed by atoms with van der Waals surface area (Å²) < 4.78 is 24.4. The second-order valence-corrected chi connectivity index (χ2v) is 4.31. The second kappa shape index (κ2) is 3.62. The van der Waals surface area contributed by atoms with Crippen molar-refractivity contribution in [2.45, 2.75) is 0 Å². The van der Waals surface area contributed by atoms with Gasteiger partial charge in [-0.25, -0.2) is 13.2 Å². The van der Waals surface area contributed by atoms with Crippen LogP contribution in [0, 0.1) is 0 Å². The summed E-state index contributed by atoms with van der Waals surface area (Å²) in [4.78, 5) is 9.85. The number of hydrogen-bond donors (Lipinski definition) is 1. The van der Waals surface area contributed by atoms with Gasteiger partial charge in [0.25, 0.3) is 0 Å². The van der Waals surface area contributed by atoms with Crippen LogP contribution in [-0.2, 0) is 13.8 Å². The van der Waals surface area contributed by atoms with Crippen molar-refractivity contribution >= 4 is 25.8 Å². The van der Waals surface area contributed by atoms with Gasteiger partial charge in [0, 0.05) is 10.7 Å². The Balaban J connectivity index is 3.49. The van der Waals surface area contributed by atoms with Crippen LogP contribution >= 0.6 is 10.7 Å². The van der Waals surface area contributed by atoms with Crippen LogP contribution in [0.25, 0.3) is 0 Å². The Labute approximate surface area is 62.5 Å². The van der Waals surface area contributed by atoms with Crippen molar-refractivity contribution in [2.75, 3.05) is 12.4 Å². The third-order valence-electron chi connectivity index (χ3n) is 0.571. The maximum Gasteiger partial charge on any atom is 0.404 e. The Morgan fingerprint density at radius 3 is 2.40 bits per heavy atom. The lowest BCUT2D eigenvalue weighted by Gasteiger charge is -1.96. The van der Waals surface area contributed by atoms with E-state index in [1.807, 2.05) is 0 Å².